The number of ether oxygens (including phenoxy) is 2. The lowest BCUT2D eigenvalue weighted by atomic mass is 10.1. The third-order valence-corrected chi connectivity index (χ3v) is 5.58. The van der Waals surface area contributed by atoms with Gasteiger partial charge in [0.1, 0.15) is 11.5 Å². The van der Waals surface area contributed by atoms with Crippen molar-refractivity contribution in [2.24, 2.45) is 0 Å². The minimum atomic E-state index is -0.315. The first kappa shape index (κ1) is 22.2. The molecule has 1 saturated heterocycles. The van der Waals surface area contributed by atoms with Crippen molar-refractivity contribution in [2.75, 3.05) is 37.5 Å². The molecule has 1 aliphatic rings. The highest BCUT2D eigenvalue weighted by molar-refractivity contribution is 6.08. The monoisotopic (exact) mass is 445 g/mol. The van der Waals surface area contributed by atoms with Crippen LogP contribution in [-0.4, -0.2) is 44.1 Å². The number of rotatable bonds is 7. The van der Waals surface area contributed by atoms with E-state index >= 15 is 0 Å². The van der Waals surface area contributed by atoms with Crippen LogP contribution in [0.1, 0.15) is 22.3 Å². The third-order valence-electron chi connectivity index (χ3n) is 5.58. The molecule has 0 spiro atoms. The molecule has 0 aromatic heterocycles. The SMILES string of the molecule is COc1cc(OC)cc(C(=O)Nc2ccccc2N2CCCN(Cc3ccccc3)C2=O)c1. The molecule has 1 fully saturated rings. The summed E-state index contributed by atoms with van der Waals surface area (Å²) >= 11 is 0. The average Bonchev–Trinajstić information content (AvgIpc) is 2.86. The number of carbonyl (C=O) groups excluding carboxylic acids is 2. The fourth-order valence-electron chi connectivity index (χ4n) is 3.90. The molecule has 0 saturated carbocycles. The lowest BCUT2D eigenvalue weighted by molar-refractivity contribution is 0.102. The van der Waals surface area contributed by atoms with Crippen molar-refractivity contribution in [2.45, 2.75) is 13.0 Å². The fourth-order valence-corrected chi connectivity index (χ4v) is 3.90. The Morgan fingerprint density at radius 3 is 2.27 bits per heavy atom. The van der Waals surface area contributed by atoms with E-state index in [1.54, 1.807) is 29.2 Å². The maximum atomic E-state index is 13.3. The molecule has 3 aromatic rings. The molecule has 0 bridgehead atoms. The van der Waals surface area contributed by atoms with Gasteiger partial charge in [0.05, 0.1) is 25.6 Å². The van der Waals surface area contributed by atoms with Crippen molar-refractivity contribution < 1.29 is 19.1 Å². The number of amides is 3. The second kappa shape index (κ2) is 10.1. The highest BCUT2D eigenvalue weighted by atomic mass is 16.5. The number of hydrogen-bond acceptors (Lipinski definition) is 4. The van der Waals surface area contributed by atoms with Gasteiger partial charge in [0, 0.05) is 31.3 Å². The summed E-state index contributed by atoms with van der Waals surface area (Å²) in [6.45, 7) is 1.83. The van der Waals surface area contributed by atoms with Gasteiger partial charge in [0.15, 0.2) is 0 Å². The van der Waals surface area contributed by atoms with Gasteiger partial charge in [-0.3, -0.25) is 9.69 Å². The Balaban J connectivity index is 1.56. The van der Waals surface area contributed by atoms with Crippen LogP contribution in [0.4, 0.5) is 16.2 Å². The van der Waals surface area contributed by atoms with Crippen LogP contribution in [-0.2, 0) is 6.54 Å². The number of methoxy groups -OCH3 is 2. The highest BCUT2D eigenvalue weighted by Gasteiger charge is 2.28. The number of urea groups is 1. The molecule has 1 heterocycles. The summed E-state index contributed by atoms with van der Waals surface area (Å²) in [5.74, 6) is 0.733. The van der Waals surface area contributed by atoms with Crippen molar-refractivity contribution in [3.63, 3.8) is 0 Å². The molecule has 7 heteroatoms. The summed E-state index contributed by atoms with van der Waals surface area (Å²) in [5.41, 5.74) is 2.72. The Kier molecular flexibility index (Phi) is 6.78. The van der Waals surface area contributed by atoms with E-state index in [2.05, 4.69) is 5.32 Å². The lowest BCUT2D eigenvalue weighted by Gasteiger charge is -2.36. The van der Waals surface area contributed by atoms with E-state index in [0.717, 1.165) is 12.0 Å². The minimum Gasteiger partial charge on any atom is -0.497 e. The molecule has 170 valence electrons. The van der Waals surface area contributed by atoms with Crippen LogP contribution >= 0.6 is 0 Å². The van der Waals surface area contributed by atoms with Gasteiger partial charge in [0.25, 0.3) is 5.91 Å². The molecule has 7 nitrogen and oxygen atoms in total. The highest BCUT2D eigenvalue weighted by Crippen LogP contribution is 2.30. The van der Waals surface area contributed by atoms with Crippen molar-refractivity contribution in [1.82, 2.24) is 4.90 Å². The van der Waals surface area contributed by atoms with E-state index in [0.29, 0.717) is 48.1 Å². The van der Waals surface area contributed by atoms with E-state index < -0.39 is 0 Å². The van der Waals surface area contributed by atoms with Gasteiger partial charge in [-0.1, -0.05) is 42.5 Å². The van der Waals surface area contributed by atoms with Crippen molar-refractivity contribution in [3.05, 3.63) is 83.9 Å². The minimum absolute atomic E-state index is 0.0742. The van der Waals surface area contributed by atoms with Crippen LogP contribution in [0.2, 0.25) is 0 Å². The van der Waals surface area contributed by atoms with Crippen molar-refractivity contribution >= 4 is 23.3 Å². The standard InChI is InChI=1S/C26H27N3O4/c1-32-21-15-20(16-22(17-21)33-2)25(30)27-23-11-6-7-12-24(23)29-14-8-13-28(26(29)31)18-19-9-4-3-5-10-19/h3-7,9-12,15-17H,8,13-14,18H2,1-2H3,(H,27,30). The van der Waals surface area contributed by atoms with Gasteiger partial charge in [0.2, 0.25) is 0 Å². The largest absolute Gasteiger partial charge is 0.497 e. The van der Waals surface area contributed by atoms with Crippen LogP contribution in [0.15, 0.2) is 72.8 Å². The number of benzene rings is 3. The zero-order valence-electron chi connectivity index (χ0n) is 18.8. The normalized spacial score (nSPS) is 13.6. The molecule has 3 aromatic carbocycles. The Morgan fingerprint density at radius 1 is 0.909 bits per heavy atom. The molecule has 0 unspecified atom stereocenters. The number of nitrogens with one attached hydrogen (secondary N) is 1. The second-order valence-electron chi connectivity index (χ2n) is 7.77. The first-order valence-corrected chi connectivity index (χ1v) is 10.8. The third kappa shape index (κ3) is 5.09. The van der Waals surface area contributed by atoms with Crippen molar-refractivity contribution in [3.8, 4) is 11.5 Å². The van der Waals surface area contributed by atoms with Crippen LogP contribution in [0.3, 0.4) is 0 Å². The van der Waals surface area contributed by atoms with Gasteiger partial charge in [-0.25, -0.2) is 4.79 Å². The average molecular weight is 446 g/mol. The van der Waals surface area contributed by atoms with E-state index in [1.165, 1.54) is 14.2 Å². The molecule has 0 aliphatic carbocycles. The molecule has 3 amide bonds. The molecular weight excluding hydrogens is 418 g/mol. The number of anilines is 2. The molecule has 0 radical (unpaired) electrons. The quantitative estimate of drug-likeness (QED) is 0.568. The fraction of sp³-hybridized carbons (Fsp3) is 0.231. The zero-order valence-corrected chi connectivity index (χ0v) is 18.8. The van der Waals surface area contributed by atoms with Crippen LogP contribution < -0.4 is 19.7 Å². The number of para-hydroxylation sites is 2. The predicted octanol–water partition coefficient (Wildman–Crippen LogP) is 4.79. The summed E-state index contributed by atoms with van der Waals surface area (Å²) in [6.07, 6.45) is 0.841. The summed E-state index contributed by atoms with van der Waals surface area (Å²) in [7, 11) is 3.07. The maximum absolute atomic E-state index is 13.3. The van der Waals surface area contributed by atoms with Crippen molar-refractivity contribution in [1.29, 1.82) is 0 Å². The maximum Gasteiger partial charge on any atom is 0.324 e. The molecule has 1 N–H and O–H groups in total. The smallest absolute Gasteiger partial charge is 0.324 e. The Morgan fingerprint density at radius 2 is 1.58 bits per heavy atom. The van der Waals surface area contributed by atoms with Crippen LogP contribution in [0.25, 0.3) is 0 Å². The van der Waals surface area contributed by atoms with Gasteiger partial charge in [-0.2, -0.15) is 0 Å². The van der Waals surface area contributed by atoms with Gasteiger partial charge < -0.3 is 19.7 Å². The zero-order chi connectivity index (χ0) is 23.2. The summed E-state index contributed by atoms with van der Waals surface area (Å²) < 4.78 is 10.5. The molecule has 4 rings (SSSR count). The predicted molar refractivity (Wildman–Crippen MR) is 128 cm³/mol. The van der Waals surface area contributed by atoms with E-state index in [-0.39, 0.29) is 11.9 Å². The Labute approximate surface area is 193 Å². The van der Waals surface area contributed by atoms with Gasteiger partial charge >= 0.3 is 6.03 Å². The first-order valence-electron chi connectivity index (χ1n) is 10.8. The first-order chi connectivity index (χ1) is 16.1. The summed E-state index contributed by atoms with van der Waals surface area (Å²) in [6, 6.07) is 22.2. The number of nitrogens with zero attached hydrogens (tertiary/aromatic N) is 2. The Hall–Kier alpha value is -4.00. The molecule has 0 atom stereocenters. The topological polar surface area (TPSA) is 71.1 Å². The summed E-state index contributed by atoms with van der Waals surface area (Å²) in [5, 5.41) is 2.95. The number of carbonyl (C=O) groups is 2. The number of hydrogen-bond donors (Lipinski definition) is 1. The van der Waals surface area contributed by atoms with Crippen LogP contribution in [0.5, 0.6) is 11.5 Å². The Bertz CT molecular complexity index is 1110. The molecule has 1 aliphatic heterocycles. The van der Waals surface area contributed by atoms with E-state index in [9.17, 15) is 9.59 Å². The summed E-state index contributed by atoms with van der Waals surface area (Å²) in [4.78, 5) is 29.9. The van der Waals surface area contributed by atoms with Gasteiger partial charge in [-0.05, 0) is 36.2 Å². The second-order valence-corrected chi connectivity index (χ2v) is 7.77. The molecule has 33 heavy (non-hydrogen) atoms. The van der Waals surface area contributed by atoms with Gasteiger partial charge in [-0.15, -0.1) is 0 Å². The van der Waals surface area contributed by atoms with E-state index in [1.807, 2.05) is 53.4 Å². The molecular formula is C26H27N3O4. The lowest BCUT2D eigenvalue weighted by Crippen LogP contribution is -2.49. The van der Waals surface area contributed by atoms with E-state index in [4.69, 9.17) is 9.47 Å². The van der Waals surface area contributed by atoms with Crippen LogP contribution in [0, 0.1) is 0 Å².